The number of para-hydroxylation sites is 2. The van der Waals surface area contributed by atoms with Crippen molar-refractivity contribution in [2.45, 2.75) is 104 Å². The van der Waals surface area contributed by atoms with E-state index < -0.39 is 24.2 Å². The number of rotatable bonds is 14. The van der Waals surface area contributed by atoms with Gasteiger partial charge in [-0.2, -0.15) is 0 Å². The molecule has 0 aliphatic heterocycles. The minimum atomic E-state index is -1.43. The zero-order valence-corrected chi connectivity index (χ0v) is 30.4. The Hall–Kier alpha value is -1.91. The van der Waals surface area contributed by atoms with E-state index in [1.54, 1.807) is 5.32 Å². The van der Waals surface area contributed by atoms with Crippen LogP contribution in [0.15, 0.2) is 66.9 Å². The summed E-state index contributed by atoms with van der Waals surface area (Å²) in [6, 6.07) is 28.2. The van der Waals surface area contributed by atoms with Gasteiger partial charge in [-0.3, -0.25) is 0 Å². The molecule has 226 valence electrons. The number of benzene rings is 2. The summed E-state index contributed by atoms with van der Waals surface area (Å²) in [5.41, 5.74) is 2.59. The van der Waals surface area contributed by atoms with Gasteiger partial charge >= 0.3 is 0 Å². The van der Waals surface area contributed by atoms with Crippen molar-refractivity contribution in [3.63, 3.8) is 0 Å². The predicted molar refractivity (Wildman–Crippen MR) is 189 cm³/mol. The van der Waals surface area contributed by atoms with Gasteiger partial charge in [0, 0.05) is 51.9 Å². The molecule has 0 spiro atoms. The minimum Gasteiger partial charge on any atom is -0.361 e. The summed E-state index contributed by atoms with van der Waals surface area (Å²) in [5, 5.41) is 4.24. The van der Waals surface area contributed by atoms with Gasteiger partial charge in [0.15, 0.2) is 0 Å². The van der Waals surface area contributed by atoms with Gasteiger partial charge in [0.1, 0.15) is 21.5 Å². The van der Waals surface area contributed by atoms with Gasteiger partial charge in [-0.1, -0.05) is 115 Å². The van der Waals surface area contributed by atoms with Gasteiger partial charge in [0.25, 0.3) is 0 Å². The lowest BCUT2D eigenvalue weighted by molar-refractivity contribution is 0.0902. The van der Waals surface area contributed by atoms with Crippen LogP contribution in [0.3, 0.4) is 0 Å². The molecule has 0 N–H and O–H groups in total. The van der Waals surface area contributed by atoms with Crippen LogP contribution in [0.1, 0.15) is 20.8 Å². The molecule has 0 aliphatic carbocycles. The van der Waals surface area contributed by atoms with E-state index >= 15 is 0 Å². The van der Waals surface area contributed by atoms with E-state index in [2.05, 4.69) is 136 Å². The Bertz CT molecular complexity index is 1340. The van der Waals surface area contributed by atoms with Gasteiger partial charge < -0.3 is 18.6 Å². The van der Waals surface area contributed by atoms with Crippen LogP contribution in [0.2, 0.25) is 69.5 Å². The van der Waals surface area contributed by atoms with Crippen molar-refractivity contribution in [1.29, 1.82) is 0 Å². The van der Waals surface area contributed by atoms with Crippen LogP contribution < -0.4 is 5.32 Å². The molecule has 7 heteroatoms. The van der Waals surface area contributed by atoms with Crippen molar-refractivity contribution in [2.24, 2.45) is 0 Å². The monoisotopic (exact) mass is 608 g/mol. The first-order chi connectivity index (χ1) is 19.4. The third kappa shape index (κ3) is 9.55. The van der Waals surface area contributed by atoms with Crippen molar-refractivity contribution in [1.82, 2.24) is 9.13 Å². The average Bonchev–Trinajstić information content (AvgIpc) is 3.52. The summed E-state index contributed by atoms with van der Waals surface area (Å²) < 4.78 is 16.6. The molecule has 0 bridgehead atoms. The number of aromatic nitrogens is 2. The second kappa shape index (κ2) is 15.0. The van der Waals surface area contributed by atoms with E-state index in [9.17, 15) is 0 Å². The molecule has 2 aromatic carbocycles. The van der Waals surface area contributed by atoms with Crippen LogP contribution >= 0.6 is 0 Å². The molecule has 4 rings (SSSR count). The first-order valence-electron chi connectivity index (χ1n) is 15.7. The first kappa shape index (κ1) is 33.6. The van der Waals surface area contributed by atoms with Crippen molar-refractivity contribution in [3.8, 4) is 0 Å². The molecule has 4 nitrogen and oxygen atoms in total. The molecule has 0 saturated carbocycles. The normalized spacial score (nSPS) is 12.6. The predicted octanol–water partition coefficient (Wildman–Crippen LogP) is 9.62. The van der Waals surface area contributed by atoms with Crippen LogP contribution in [0.5, 0.6) is 0 Å². The Kier molecular flexibility index (Phi) is 12.3. The first-order valence-corrected chi connectivity index (χ1v) is 25.7. The van der Waals surface area contributed by atoms with Crippen molar-refractivity contribution in [2.75, 3.05) is 13.2 Å². The highest BCUT2D eigenvalue weighted by Gasteiger charge is 2.33. The zero-order valence-electron chi connectivity index (χ0n) is 27.4. The number of hydrogen-bond acceptors (Lipinski definition) is 2. The summed E-state index contributed by atoms with van der Waals surface area (Å²) in [4.78, 5) is 0. The largest absolute Gasteiger partial charge is 0.361 e. The van der Waals surface area contributed by atoms with Crippen LogP contribution in [0, 0.1) is 0 Å². The topological polar surface area (TPSA) is 28.3 Å². The molecule has 0 fully saturated rings. The molecular weight excluding hydrogens is 553 g/mol. The van der Waals surface area contributed by atoms with Crippen molar-refractivity contribution >= 4 is 51.3 Å². The molecule has 0 aliphatic rings. The maximum atomic E-state index is 6.15. The average molecular weight is 609 g/mol. The molecule has 2 heterocycles. The van der Waals surface area contributed by atoms with Gasteiger partial charge in [0.05, 0.1) is 0 Å². The van der Waals surface area contributed by atoms with E-state index in [4.69, 9.17) is 9.47 Å². The second-order valence-electron chi connectivity index (χ2n) is 13.9. The zero-order chi connectivity index (χ0) is 30.1. The lowest BCUT2D eigenvalue weighted by Gasteiger charge is -2.30. The third-order valence-electron chi connectivity index (χ3n) is 8.51. The fraction of sp³-hybridized carbons (Fsp3) is 0.529. The number of ether oxygens (including phenoxy) is 2. The molecule has 0 radical (unpaired) electrons. The van der Waals surface area contributed by atoms with Gasteiger partial charge in [-0.15, -0.1) is 0 Å². The lowest BCUT2D eigenvalue weighted by atomic mass is 10.2. The fourth-order valence-electron chi connectivity index (χ4n) is 5.41. The molecule has 0 unspecified atom stereocenters. The highest BCUT2D eigenvalue weighted by molar-refractivity contribution is 6.91. The summed E-state index contributed by atoms with van der Waals surface area (Å²) in [6.07, 6.45) is 2.10. The van der Waals surface area contributed by atoms with Gasteiger partial charge in [0.2, 0.25) is 0 Å². The maximum Gasteiger partial charge on any atom is 0.122 e. The highest BCUT2D eigenvalue weighted by atomic mass is 28.3. The Morgan fingerprint density at radius 3 is 1.68 bits per heavy atom. The molecular formula is C34H56N2O2Si3. The third-order valence-corrected chi connectivity index (χ3v) is 17.5. The summed E-state index contributed by atoms with van der Waals surface area (Å²) >= 11 is 0. The number of nitrogens with zero attached hydrogens (tertiary/aromatic N) is 2. The van der Waals surface area contributed by atoms with Crippen LogP contribution in [-0.4, -0.2) is 46.6 Å². The van der Waals surface area contributed by atoms with E-state index in [0.29, 0.717) is 13.5 Å². The summed E-state index contributed by atoms with van der Waals surface area (Å²) in [7, 11) is -3.42. The van der Waals surface area contributed by atoms with E-state index in [1.165, 1.54) is 52.0 Å². The van der Waals surface area contributed by atoms with E-state index in [1.807, 2.05) is 0 Å². The second-order valence-corrected chi connectivity index (χ2v) is 30.3. The van der Waals surface area contributed by atoms with Crippen molar-refractivity contribution < 1.29 is 9.47 Å². The molecule has 41 heavy (non-hydrogen) atoms. The molecule has 2 aromatic heterocycles. The number of hydrogen-bond donors (Lipinski definition) is 0. The smallest absolute Gasteiger partial charge is 0.122 e. The Balaban J connectivity index is 0.000000239. The summed E-state index contributed by atoms with van der Waals surface area (Å²) in [5.74, 6) is 0. The summed E-state index contributed by atoms with van der Waals surface area (Å²) in [6.45, 7) is 24.7. The van der Waals surface area contributed by atoms with Gasteiger partial charge in [-0.05, 0) is 47.1 Å². The van der Waals surface area contributed by atoms with E-state index in [0.717, 1.165) is 13.2 Å². The molecule has 0 saturated heterocycles. The number of fused-ring (bicyclic) bond motifs is 2. The quantitative estimate of drug-likeness (QED) is 0.105. The minimum absolute atomic E-state index is 0.665. The lowest BCUT2D eigenvalue weighted by Crippen LogP contribution is -2.49. The fourth-order valence-corrected chi connectivity index (χ4v) is 10.7. The van der Waals surface area contributed by atoms with Crippen LogP contribution in [-0.2, 0) is 22.9 Å². The molecule has 0 amide bonds. The Morgan fingerprint density at radius 2 is 1.12 bits per heavy atom. The SMILES string of the molecule is CC[Si](CC)(CC)c1cc2ccccc2n1COCC[Si](C)(C)C.C[Si](C)(C)CCOCn1ccc2ccccc21. The van der Waals surface area contributed by atoms with Crippen LogP contribution in [0.25, 0.3) is 21.8 Å². The standard InChI is InChI=1S/C20H35NOSi2.C14H21NOSi/c1-7-24(8-2,9-3)20-16-18-12-10-11-13-19(18)21(20)17-22-14-15-23(4,5)6;1-17(2,3)11-10-16-12-15-9-8-13-6-4-5-7-14(13)15/h10-13,16H,7-9,14-15,17H2,1-6H3;4-9H,10-12H2,1-3H3. The Labute approximate surface area is 253 Å². The maximum absolute atomic E-state index is 6.15. The Morgan fingerprint density at radius 1 is 0.610 bits per heavy atom. The van der Waals surface area contributed by atoms with E-state index in [-0.39, 0.29) is 0 Å². The highest BCUT2D eigenvalue weighted by Crippen LogP contribution is 2.25. The van der Waals surface area contributed by atoms with Crippen LogP contribution in [0.4, 0.5) is 0 Å². The van der Waals surface area contributed by atoms with Crippen molar-refractivity contribution in [3.05, 3.63) is 66.9 Å². The molecule has 0 atom stereocenters. The van der Waals surface area contributed by atoms with Gasteiger partial charge in [-0.25, -0.2) is 0 Å². The molecule has 4 aromatic rings.